The third kappa shape index (κ3) is 2.49. The van der Waals surface area contributed by atoms with Gasteiger partial charge < -0.3 is 9.47 Å². The van der Waals surface area contributed by atoms with Crippen LogP contribution in [0.15, 0.2) is 21.9 Å². The SMILES string of the molecule is CC1C(=O)C([Si](C)(C)C)=C2CCCC3CC4(CCC3=C21)OCCO4. The van der Waals surface area contributed by atoms with Gasteiger partial charge in [0.1, 0.15) is 0 Å². The van der Waals surface area contributed by atoms with Gasteiger partial charge in [0.25, 0.3) is 0 Å². The molecule has 24 heavy (non-hydrogen) atoms. The third-order valence-corrected chi connectivity index (χ3v) is 8.46. The lowest BCUT2D eigenvalue weighted by atomic mass is 9.75. The van der Waals surface area contributed by atoms with Gasteiger partial charge in [0, 0.05) is 18.8 Å². The summed E-state index contributed by atoms with van der Waals surface area (Å²) in [5.41, 5.74) is 4.46. The number of carbonyl (C=O) groups excluding carboxylic acids is 1. The first-order chi connectivity index (χ1) is 11.3. The minimum atomic E-state index is -1.60. The molecule has 1 saturated carbocycles. The summed E-state index contributed by atoms with van der Waals surface area (Å²) in [4.78, 5) is 13.0. The Morgan fingerprint density at radius 1 is 1.12 bits per heavy atom. The fourth-order valence-electron chi connectivity index (χ4n) is 5.49. The van der Waals surface area contributed by atoms with Crippen LogP contribution in [0.1, 0.15) is 45.4 Å². The smallest absolute Gasteiger partial charge is 0.169 e. The summed E-state index contributed by atoms with van der Waals surface area (Å²) in [5, 5.41) is 1.24. The van der Waals surface area contributed by atoms with E-state index in [2.05, 4.69) is 26.6 Å². The predicted octanol–water partition coefficient (Wildman–Crippen LogP) is 4.40. The molecular formula is C20H30O3Si. The Labute approximate surface area is 146 Å². The summed E-state index contributed by atoms with van der Waals surface area (Å²) in [6.45, 7) is 10.6. The molecule has 2 unspecified atom stereocenters. The molecule has 2 atom stereocenters. The van der Waals surface area contributed by atoms with Crippen LogP contribution in [-0.2, 0) is 14.3 Å². The van der Waals surface area contributed by atoms with Crippen molar-refractivity contribution in [3.05, 3.63) is 21.9 Å². The highest BCUT2D eigenvalue weighted by molar-refractivity contribution is 6.87. The Hall–Kier alpha value is -0.713. The average molecular weight is 347 g/mol. The third-order valence-electron chi connectivity index (χ3n) is 6.41. The van der Waals surface area contributed by atoms with Crippen molar-refractivity contribution in [3.63, 3.8) is 0 Å². The van der Waals surface area contributed by atoms with Crippen LogP contribution in [0.3, 0.4) is 0 Å². The maximum Gasteiger partial charge on any atom is 0.169 e. The molecule has 3 nitrogen and oxygen atoms in total. The fraction of sp³-hybridized carbons (Fsp3) is 0.750. The van der Waals surface area contributed by atoms with E-state index in [-0.39, 0.29) is 11.7 Å². The summed E-state index contributed by atoms with van der Waals surface area (Å²) in [7, 11) is -1.60. The Kier molecular flexibility index (Phi) is 3.94. The van der Waals surface area contributed by atoms with Gasteiger partial charge in [-0.05, 0) is 47.9 Å². The first kappa shape index (κ1) is 16.7. The zero-order valence-corrected chi connectivity index (χ0v) is 16.5. The second-order valence-electron chi connectivity index (χ2n) is 9.03. The quantitative estimate of drug-likeness (QED) is 0.660. The van der Waals surface area contributed by atoms with Crippen molar-refractivity contribution < 1.29 is 14.3 Å². The molecule has 132 valence electrons. The van der Waals surface area contributed by atoms with Crippen molar-refractivity contribution in [1.29, 1.82) is 0 Å². The first-order valence-corrected chi connectivity index (χ1v) is 13.1. The summed E-state index contributed by atoms with van der Waals surface area (Å²) in [6.07, 6.45) is 6.49. The molecule has 0 aromatic carbocycles. The lowest BCUT2D eigenvalue weighted by Gasteiger charge is -2.38. The molecule has 3 aliphatic carbocycles. The first-order valence-electron chi connectivity index (χ1n) is 9.61. The highest BCUT2D eigenvalue weighted by atomic mass is 28.3. The molecule has 4 aliphatic rings. The van der Waals surface area contributed by atoms with E-state index in [1.165, 1.54) is 29.2 Å². The van der Waals surface area contributed by atoms with Gasteiger partial charge in [-0.2, -0.15) is 0 Å². The lowest BCUT2D eigenvalue weighted by Crippen LogP contribution is -2.37. The monoisotopic (exact) mass is 346 g/mol. The molecule has 2 fully saturated rings. The van der Waals surface area contributed by atoms with Gasteiger partial charge >= 0.3 is 0 Å². The van der Waals surface area contributed by atoms with E-state index in [4.69, 9.17) is 9.47 Å². The van der Waals surface area contributed by atoms with Crippen LogP contribution in [0, 0.1) is 11.8 Å². The molecule has 0 N–H and O–H groups in total. The highest BCUT2D eigenvalue weighted by Gasteiger charge is 2.48. The van der Waals surface area contributed by atoms with E-state index >= 15 is 0 Å². The van der Waals surface area contributed by atoms with Crippen LogP contribution in [0.4, 0.5) is 0 Å². The number of carbonyl (C=O) groups is 1. The van der Waals surface area contributed by atoms with Gasteiger partial charge in [0.05, 0.1) is 21.3 Å². The van der Waals surface area contributed by atoms with Crippen molar-refractivity contribution in [2.24, 2.45) is 11.8 Å². The second kappa shape index (κ2) is 5.65. The summed E-state index contributed by atoms with van der Waals surface area (Å²) >= 11 is 0. The predicted molar refractivity (Wildman–Crippen MR) is 97.4 cm³/mol. The maximum absolute atomic E-state index is 13.0. The van der Waals surface area contributed by atoms with E-state index in [1.807, 2.05) is 0 Å². The zero-order chi connectivity index (χ0) is 17.1. The van der Waals surface area contributed by atoms with E-state index in [1.54, 1.807) is 5.57 Å². The van der Waals surface area contributed by atoms with Gasteiger partial charge in [-0.1, -0.05) is 32.1 Å². The largest absolute Gasteiger partial charge is 0.348 e. The van der Waals surface area contributed by atoms with Crippen molar-refractivity contribution in [1.82, 2.24) is 0 Å². The van der Waals surface area contributed by atoms with Crippen LogP contribution < -0.4 is 0 Å². The minimum absolute atomic E-state index is 0.0804. The molecule has 4 rings (SSSR count). The molecule has 0 aromatic heterocycles. The van der Waals surface area contributed by atoms with Crippen LogP contribution in [-0.4, -0.2) is 32.9 Å². The number of ether oxygens (including phenoxy) is 2. The van der Waals surface area contributed by atoms with Crippen molar-refractivity contribution >= 4 is 13.9 Å². The molecule has 1 saturated heterocycles. The molecule has 4 heteroatoms. The maximum atomic E-state index is 13.0. The topological polar surface area (TPSA) is 35.5 Å². The zero-order valence-electron chi connectivity index (χ0n) is 15.5. The number of ketones is 1. The van der Waals surface area contributed by atoms with E-state index in [0.717, 1.165) is 38.9 Å². The molecule has 1 aliphatic heterocycles. The summed E-state index contributed by atoms with van der Waals surface area (Å²) in [6, 6.07) is 0. The van der Waals surface area contributed by atoms with Crippen molar-refractivity contribution in [2.75, 3.05) is 13.2 Å². The van der Waals surface area contributed by atoms with E-state index in [0.29, 0.717) is 11.7 Å². The molecule has 0 aromatic rings. The lowest BCUT2D eigenvalue weighted by molar-refractivity contribution is -0.180. The molecular weight excluding hydrogens is 316 g/mol. The minimum Gasteiger partial charge on any atom is -0.348 e. The standard InChI is InChI=1S/C20H30O3Si/c1-13-17-15-8-9-20(22-10-11-23-20)12-14(15)6-5-7-16(17)19(18(13)21)24(2,3)4/h13-14H,5-12H2,1-4H3. The normalized spacial score (nSPS) is 33.1. The summed E-state index contributed by atoms with van der Waals surface area (Å²) in [5.74, 6) is 0.731. The highest BCUT2D eigenvalue weighted by Crippen LogP contribution is 2.52. The number of Topliss-reactive ketones (excluding diaryl/α,β-unsaturated/α-hetero) is 1. The van der Waals surface area contributed by atoms with Crippen LogP contribution in [0.2, 0.25) is 19.6 Å². The van der Waals surface area contributed by atoms with Gasteiger partial charge in [0.2, 0.25) is 0 Å². The van der Waals surface area contributed by atoms with Gasteiger partial charge in [0.15, 0.2) is 11.6 Å². The number of hydrogen-bond donors (Lipinski definition) is 0. The average Bonchev–Trinajstić information content (AvgIpc) is 2.98. The van der Waals surface area contributed by atoms with E-state index < -0.39 is 8.07 Å². The second-order valence-corrected chi connectivity index (χ2v) is 14.0. The number of hydrogen-bond acceptors (Lipinski definition) is 3. The Bertz CT molecular complexity index is 632. The number of fused-ring (bicyclic) bond motifs is 2. The molecule has 0 amide bonds. The number of rotatable bonds is 1. The molecule has 1 spiro atoms. The van der Waals surface area contributed by atoms with Gasteiger partial charge in [-0.25, -0.2) is 0 Å². The number of allylic oxidation sites excluding steroid dienone is 4. The van der Waals surface area contributed by atoms with Gasteiger partial charge in [-0.15, -0.1) is 0 Å². The fourth-order valence-corrected chi connectivity index (χ4v) is 7.61. The van der Waals surface area contributed by atoms with Crippen LogP contribution >= 0.6 is 0 Å². The van der Waals surface area contributed by atoms with Crippen molar-refractivity contribution in [3.8, 4) is 0 Å². The Morgan fingerprint density at radius 2 is 1.83 bits per heavy atom. The van der Waals surface area contributed by atoms with Crippen molar-refractivity contribution in [2.45, 2.75) is 70.9 Å². The molecule has 0 bridgehead atoms. The Morgan fingerprint density at radius 3 is 2.50 bits per heavy atom. The van der Waals surface area contributed by atoms with Gasteiger partial charge in [-0.3, -0.25) is 4.79 Å². The summed E-state index contributed by atoms with van der Waals surface area (Å²) < 4.78 is 12.0. The van der Waals surface area contributed by atoms with E-state index in [9.17, 15) is 4.79 Å². The van der Waals surface area contributed by atoms with Crippen LogP contribution in [0.5, 0.6) is 0 Å². The molecule has 0 radical (unpaired) electrons. The Balaban J connectivity index is 1.78. The molecule has 1 heterocycles. The van der Waals surface area contributed by atoms with Crippen LogP contribution in [0.25, 0.3) is 0 Å².